The van der Waals surface area contributed by atoms with Crippen LogP contribution >= 0.6 is 0 Å². The highest BCUT2D eigenvalue weighted by molar-refractivity contribution is 5.69. The van der Waals surface area contributed by atoms with E-state index in [2.05, 4.69) is 0 Å². The van der Waals surface area contributed by atoms with Crippen molar-refractivity contribution in [1.82, 2.24) is 0 Å². The summed E-state index contributed by atoms with van der Waals surface area (Å²) in [6.07, 6.45) is 11.4. The van der Waals surface area contributed by atoms with E-state index in [1.807, 2.05) is 24.3 Å². The van der Waals surface area contributed by atoms with Gasteiger partial charge in [0.1, 0.15) is 13.2 Å². The van der Waals surface area contributed by atoms with Gasteiger partial charge in [0.25, 0.3) is 0 Å². The van der Waals surface area contributed by atoms with Gasteiger partial charge in [0, 0.05) is 12.8 Å². The number of cyclic esters (lactones) is 2. The van der Waals surface area contributed by atoms with Gasteiger partial charge in [-0.2, -0.15) is 0 Å². The maximum atomic E-state index is 11.3. The Bertz CT molecular complexity index is 286. The van der Waals surface area contributed by atoms with Crippen LogP contribution in [0.5, 0.6) is 0 Å². The van der Waals surface area contributed by atoms with E-state index in [-0.39, 0.29) is 11.9 Å². The summed E-state index contributed by atoms with van der Waals surface area (Å²) in [4.78, 5) is 22.5. The molecule has 0 aromatic rings. The lowest BCUT2D eigenvalue weighted by molar-refractivity contribution is -0.143. The van der Waals surface area contributed by atoms with E-state index in [9.17, 15) is 9.59 Å². The summed E-state index contributed by atoms with van der Waals surface area (Å²) in [7, 11) is 0. The summed E-state index contributed by atoms with van der Waals surface area (Å²) in [5.41, 5.74) is 0. The lowest BCUT2D eigenvalue weighted by atomic mass is 10.2. The minimum atomic E-state index is -0.161. The van der Waals surface area contributed by atoms with Crippen LogP contribution in [0.2, 0.25) is 0 Å². The lowest BCUT2D eigenvalue weighted by Crippen LogP contribution is -2.05. The van der Waals surface area contributed by atoms with Gasteiger partial charge >= 0.3 is 11.9 Å². The second-order valence-electron chi connectivity index (χ2n) is 4.09. The molecule has 0 saturated carbocycles. The molecule has 4 heteroatoms. The topological polar surface area (TPSA) is 52.6 Å². The largest absolute Gasteiger partial charge is 0.461 e. The van der Waals surface area contributed by atoms with E-state index >= 15 is 0 Å². The fraction of sp³-hybridized carbons (Fsp3) is 0.571. The first-order valence-corrected chi connectivity index (χ1v) is 6.40. The molecular weight excluding hydrogens is 232 g/mol. The van der Waals surface area contributed by atoms with Gasteiger partial charge in [0.2, 0.25) is 0 Å². The van der Waals surface area contributed by atoms with Crippen molar-refractivity contribution in [3.05, 3.63) is 24.3 Å². The molecule has 1 heterocycles. The number of ether oxygens (including phenoxy) is 2. The summed E-state index contributed by atoms with van der Waals surface area (Å²) in [6, 6.07) is 0. The molecule has 0 bridgehead atoms. The van der Waals surface area contributed by atoms with Gasteiger partial charge in [0.15, 0.2) is 0 Å². The van der Waals surface area contributed by atoms with Crippen LogP contribution in [0.1, 0.15) is 38.5 Å². The zero-order valence-electron chi connectivity index (χ0n) is 10.6. The standard InChI is InChI=1S/C14H20O4/c15-13-9-5-1-3-7-11-17-14(16)10-6-2-4-8-12-18-13/h3-4,7-8H,1-2,5-6,9-12H2/b7-3+,8-4+. The molecule has 1 aliphatic heterocycles. The van der Waals surface area contributed by atoms with Crippen LogP contribution in [0.25, 0.3) is 0 Å². The number of hydrogen-bond acceptors (Lipinski definition) is 4. The second kappa shape index (κ2) is 9.45. The molecule has 0 spiro atoms. The summed E-state index contributed by atoms with van der Waals surface area (Å²) in [5.74, 6) is -0.321. The number of rotatable bonds is 0. The van der Waals surface area contributed by atoms with Crippen molar-refractivity contribution in [1.29, 1.82) is 0 Å². The SMILES string of the molecule is O=C1CCC/C=C/COC(=O)CCC/C=C/CO1. The Morgan fingerprint density at radius 1 is 0.722 bits per heavy atom. The van der Waals surface area contributed by atoms with Crippen molar-refractivity contribution in [2.24, 2.45) is 0 Å². The van der Waals surface area contributed by atoms with Crippen molar-refractivity contribution >= 4 is 11.9 Å². The van der Waals surface area contributed by atoms with Crippen molar-refractivity contribution < 1.29 is 19.1 Å². The molecule has 0 aromatic heterocycles. The van der Waals surface area contributed by atoms with Gasteiger partial charge in [-0.25, -0.2) is 0 Å². The van der Waals surface area contributed by atoms with Gasteiger partial charge in [0.05, 0.1) is 0 Å². The molecule has 0 amide bonds. The Balaban J connectivity index is 2.35. The van der Waals surface area contributed by atoms with Crippen LogP contribution in [0.4, 0.5) is 0 Å². The Hall–Kier alpha value is -1.58. The molecule has 18 heavy (non-hydrogen) atoms. The average Bonchev–Trinajstić information content (AvgIpc) is 2.35. The summed E-state index contributed by atoms with van der Waals surface area (Å²) < 4.78 is 10.0. The van der Waals surface area contributed by atoms with Crippen LogP contribution in [0.15, 0.2) is 24.3 Å². The number of esters is 2. The highest BCUT2D eigenvalue weighted by Crippen LogP contribution is 2.02. The average molecular weight is 252 g/mol. The van der Waals surface area contributed by atoms with E-state index in [1.165, 1.54) is 0 Å². The van der Waals surface area contributed by atoms with Crippen LogP contribution in [-0.2, 0) is 19.1 Å². The predicted molar refractivity (Wildman–Crippen MR) is 67.9 cm³/mol. The van der Waals surface area contributed by atoms with Gasteiger partial charge in [-0.05, 0) is 25.7 Å². The van der Waals surface area contributed by atoms with E-state index in [0.717, 1.165) is 25.7 Å². The molecule has 100 valence electrons. The van der Waals surface area contributed by atoms with Crippen molar-refractivity contribution in [3.63, 3.8) is 0 Å². The van der Waals surface area contributed by atoms with Gasteiger partial charge < -0.3 is 9.47 Å². The highest BCUT2D eigenvalue weighted by atomic mass is 16.5. The Morgan fingerprint density at radius 3 is 1.61 bits per heavy atom. The molecule has 0 atom stereocenters. The van der Waals surface area contributed by atoms with E-state index in [4.69, 9.17) is 9.47 Å². The summed E-state index contributed by atoms with van der Waals surface area (Å²) in [6.45, 7) is 0.637. The molecule has 0 radical (unpaired) electrons. The maximum Gasteiger partial charge on any atom is 0.306 e. The first kappa shape index (κ1) is 14.5. The smallest absolute Gasteiger partial charge is 0.306 e. The minimum Gasteiger partial charge on any atom is -0.461 e. The van der Waals surface area contributed by atoms with Gasteiger partial charge in [-0.3, -0.25) is 9.59 Å². The van der Waals surface area contributed by atoms with E-state index < -0.39 is 0 Å². The van der Waals surface area contributed by atoms with Gasteiger partial charge in [-0.1, -0.05) is 24.3 Å². The molecule has 0 saturated heterocycles. The first-order valence-electron chi connectivity index (χ1n) is 6.40. The molecule has 4 nitrogen and oxygen atoms in total. The molecule has 0 unspecified atom stereocenters. The zero-order chi connectivity index (χ0) is 13.1. The number of carbonyl (C=O) groups excluding carboxylic acids is 2. The number of allylic oxidation sites excluding steroid dienone is 2. The maximum absolute atomic E-state index is 11.3. The molecule has 0 fully saturated rings. The minimum absolute atomic E-state index is 0.161. The third-order valence-electron chi connectivity index (χ3n) is 2.52. The summed E-state index contributed by atoms with van der Waals surface area (Å²) >= 11 is 0. The van der Waals surface area contributed by atoms with Crippen LogP contribution in [0.3, 0.4) is 0 Å². The predicted octanol–water partition coefficient (Wildman–Crippen LogP) is 2.54. The van der Waals surface area contributed by atoms with Crippen LogP contribution in [0, 0.1) is 0 Å². The quantitative estimate of drug-likeness (QED) is 0.491. The van der Waals surface area contributed by atoms with E-state index in [1.54, 1.807) is 0 Å². The molecular formula is C14H20O4. The molecule has 0 N–H and O–H groups in total. The van der Waals surface area contributed by atoms with Crippen molar-refractivity contribution in [2.45, 2.75) is 38.5 Å². The molecule has 1 rings (SSSR count). The highest BCUT2D eigenvalue weighted by Gasteiger charge is 2.02. The second-order valence-corrected chi connectivity index (χ2v) is 4.09. The fourth-order valence-corrected chi connectivity index (χ4v) is 1.53. The zero-order valence-corrected chi connectivity index (χ0v) is 10.6. The van der Waals surface area contributed by atoms with Crippen LogP contribution in [-0.4, -0.2) is 25.2 Å². The van der Waals surface area contributed by atoms with Crippen molar-refractivity contribution in [3.8, 4) is 0 Å². The fourth-order valence-electron chi connectivity index (χ4n) is 1.53. The first-order chi connectivity index (χ1) is 8.79. The van der Waals surface area contributed by atoms with Crippen LogP contribution < -0.4 is 0 Å². The Kier molecular flexibility index (Phi) is 7.60. The monoisotopic (exact) mass is 252 g/mol. The molecule has 0 aromatic carbocycles. The number of hydrogen-bond donors (Lipinski definition) is 0. The van der Waals surface area contributed by atoms with E-state index in [0.29, 0.717) is 26.1 Å². The number of carbonyl (C=O) groups is 2. The lowest BCUT2D eigenvalue weighted by Gasteiger charge is -2.02. The third-order valence-corrected chi connectivity index (χ3v) is 2.52. The molecule has 1 aliphatic rings. The molecule has 0 aliphatic carbocycles. The Labute approximate surface area is 108 Å². The van der Waals surface area contributed by atoms with Gasteiger partial charge in [-0.15, -0.1) is 0 Å². The summed E-state index contributed by atoms with van der Waals surface area (Å²) in [5, 5.41) is 0. The Morgan fingerprint density at radius 2 is 1.17 bits per heavy atom. The van der Waals surface area contributed by atoms with Crippen molar-refractivity contribution in [2.75, 3.05) is 13.2 Å². The normalized spacial score (nSPS) is 23.8. The third kappa shape index (κ3) is 7.65.